The Morgan fingerprint density at radius 2 is 1.91 bits per heavy atom. The van der Waals surface area contributed by atoms with Gasteiger partial charge >= 0.3 is 11.7 Å². The summed E-state index contributed by atoms with van der Waals surface area (Å²) in [6.45, 7) is 1.33. The number of amides is 1. The van der Waals surface area contributed by atoms with Gasteiger partial charge in [0.25, 0.3) is 5.56 Å². The van der Waals surface area contributed by atoms with E-state index in [-0.39, 0.29) is 28.6 Å². The number of rotatable bonds is 6. The highest BCUT2D eigenvalue weighted by Gasteiger charge is 2.29. The molecule has 0 aliphatic heterocycles. The van der Waals surface area contributed by atoms with Gasteiger partial charge in [-0.05, 0) is 31.4 Å². The van der Waals surface area contributed by atoms with Crippen LogP contribution in [0.3, 0.4) is 0 Å². The molecule has 32 heavy (non-hydrogen) atoms. The summed E-state index contributed by atoms with van der Waals surface area (Å²) in [5.74, 6) is -0.989. The minimum Gasteiger partial charge on any atom is -0.465 e. The second-order valence-electron chi connectivity index (χ2n) is 7.99. The molecule has 1 aliphatic carbocycles. The van der Waals surface area contributed by atoms with Gasteiger partial charge in [0.15, 0.2) is 0 Å². The number of hydrogen-bond donors (Lipinski definition) is 1. The van der Waals surface area contributed by atoms with Crippen LogP contribution >= 0.6 is 0 Å². The lowest BCUT2D eigenvalue weighted by molar-refractivity contribution is -0.122. The minimum absolute atomic E-state index is 0.0349. The van der Waals surface area contributed by atoms with E-state index in [4.69, 9.17) is 4.74 Å². The van der Waals surface area contributed by atoms with E-state index >= 15 is 0 Å². The van der Waals surface area contributed by atoms with Gasteiger partial charge in [0.1, 0.15) is 12.2 Å². The van der Waals surface area contributed by atoms with E-state index in [9.17, 15) is 19.2 Å². The molecule has 0 radical (unpaired) electrons. The number of esters is 1. The second-order valence-corrected chi connectivity index (χ2v) is 7.99. The molecule has 1 atom stereocenters. The topological polar surface area (TPSA) is 112 Å². The molecular weight excluding hydrogens is 412 g/mol. The summed E-state index contributed by atoms with van der Waals surface area (Å²) in [7, 11) is 2.69. The molecule has 166 valence electrons. The summed E-state index contributed by atoms with van der Waals surface area (Å²) in [5, 5.41) is 2.76. The summed E-state index contributed by atoms with van der Waals surface area (Å²) in [4.78, 5) is 55.8. The zero-order valence-electron chi connectivity index (χ0n) is 18.1. The SMILES string of the molecule is COC(=O)c1cc(C2CC2)nc2c1c(=O)n(CC(=O)NC(C)c1ccccc1)c(=O)n2C. The molecule has 2 aromatic heterocycles. The van der Waals surface area contributed by atoms with Gasteiger partial charge < -0.3 is 10.1 Å². The number of nitrogens with zero attached hydrogens (tertiary/aromatic N) is 3. The van der Waals surface area contributed by atoms with Crippen LogP contribution in [-0.4, -0.2) is 33.1 Å². The Balaban J connectivity index is 1.76. The molecule has 9 nitrogen and oxygen atoms in total. The molecule has 0 bridgehead atoms. The van der Waals surface area contributed by atoms with E-state index in [0.717, 1.165) is 23.0 Å². The highest BCUT2D eigenvalue weighted by Crippen LogP contribution is 2.39. The fourth-order valence-corrected chi connectivity index (χ4v) is 3.75. The van der Waals surface area contributed by atoms with Crippen molar-refractivity contribution in [1.29, 1.82) is 0 Å². The molecule has 9 heteroatoms. The Labute approximate surface area is 183 Å². The average molecular weight is 436 g/mol. The minimum atomic E-state index is -0.749. The lowest BCUT2D eigenvalue weighted by Gasteiger charge is -2.16. The first-order chi connectivity index (χ1) is 15.3. The van der Waals surface area contributed by atoms with Gasteiger partial charge in [-0.3, -0.25) is 18.7 Å². The summed E-state index contributed by atoms with van der Waals surface area (Å²) in [6.07, 6.45) is 1.87. The molecule has 0 saturated heterocycles. The van der Waals surface area contributed by atoms with Crippen LogP contribution in [0.15, 0.2) is 46.0 Å². The molecule has 1 aliphatic rings. The van der Waals surface area contributed by atoms with Gasteiger partial charge in [0, 0.05) is 18.7 Å². The fraction of sp³-hybridized carbons (Fsp3) is 0.348. The van der Waals surface area contributed by atoms with E-state index in [2.05, 4.69) is 10.3 Å². The smallest absolute Gasteiger partial charge is 0.338 e. The molecule has 1 amide bonds. The van der Waals surface area contributed by atoms with Crippen molar-refractivity contribution < 1.29 is 14.3 Å². The van der Waals surface area contributed by atoms with E-state index in [0.29, 0.717) is 5.69 Å². The van der Waals surface area contributed by atoms with Gasteiger partial charge in [-0.15, -0.1) is 0 Å². The quantitative estimate of drug-likeness (QED) is 0.588. The predicted octanol–water partition coefficient (Wildman–Crippen LogP) is 1.64. The molecule has 3 aromatic rings. The number of carbonyl (C=O) groups excluding carboxylic acids is 2. The molecule has 0 spiro atoms. The zero-order chi connectivity index (χ0) is 23.0. The van der Waals surface area contributed by atoms with Gasteiger partial charge in [0.05, 0.1) is 24.1 Å². The molecule has 1 unspecified atom stereocenters. The van der Waals surface area contributed by atoms with Gasteiger partial charge in [-0.1, -0.05) is 30.3 Å². The van der Waals surface area contributed by atoms with Crippen molar-refractivity contribution in [2.45, 2.75) is 38.3 Å². The van der Waals surface area contributed by atoms with Crippen molar-refractivity contribution in [3.05, 3.63) is 74.1 Å². The summed E-state index contributed by atoms with van der Waals surface area (Å²) in [5.41, 5.74) is 0.275. The van der Waals surface area contributed by atoms with E-state index in [1.807, 2.05) is 37.3 Å². The average Bonchev–Trinajstić information content (AvgIpc) is 3.65. The number of benzene rings is 1. The van der Waals surface area contributed by atoms with Crippen LogP contribution in [0.1, 0.15) is 53.3 Å². The summed E-state index contributed by atoms with van der Waals surface area (Å²) >= 11 is 0. The monoisotopic (exact) mass is 436 g/mol. The number of methoxy groups -OCH3 is 1. The van der Waals surface area contributed by atoms with Crippen molar-refractivity contribution in [1.82, 2.24) is 19.4 Å². The van der Waals surface area contributed by atoms with Crippen molar-refractivity contribution in [2.24, 2.45) is 7.05 Å². The number of aromatic nitrogens is 3. The van der Waals surface area contributed by atoms with Gasteiger partial charge in [0.2, 0.25) is 5.91 Å². The van der Waals surface area contributed by atoms with Crippen LogP contribution in [0.2, 0.25) is 0 Å². The Kier molecular flexibility index (Phi) is 5.65. The highest BCUT2D eigenvalue weighted by atomic mass is 16.5. The van der Waals surface area contributed by atoms with Gasteiger partial charge in [-0.25, -0.2) is 14.6 Å². The van der Waals surface area contributed by atoms with Crippen molar-refractivity contribution in [3.63, 3.8) is 0 Å². The van der Waals surface area contributed by atoms with Crippen molar-refractivity contribution in [3.8, 4) is 0 Å². The van der Waals surface area contributed by atoms with Crippen LogP contribution in [0.25, 0.3) is 11.0 Å². The zero-order valence-corrected chi connectivity index (χ0v) is 18.1. The van der Waals surface area contributed by atoms with Crippen LogP contribution < -0.4 is 16.6 Å². The van der Waals surface area contributed by atoms with E-state index in [1.165, 1.54) is 18.7 Å². The number of carbonyl (C=O) groups is 2. The summed E-state index contributed by atoms with van der Waals surface area (Å²) in [6, 6.07) is 10.6. The van der Waals surface area contributed by atoms with Gasteiger partial charge in [-0.2, -0.15) is 0 Å². The number of ether oxygens (including phenoxy) is 1. The Morgan fingerprint density at radius 1 is 1.22 bits per heavy atom. The maximum Gasteiger partial charge on any atom is 0.338 e. The molecule has 1 fully saturated rings. The number of nitrogens with one attached hydrogen (secondary N) is 1. The lowest BCUT2D eigenvalue weighted by atomic mass is 10.1. The third kappa shape index (κ3) is 3.93. The fourth-order valence-electron chi connectivity index (χ4n) is 3.75. The molecular formula is C23H24N4O5. The van der Waals surface area contributed by atoms with Crippen molar-refractivity contribution >= 4 is 22.9 Å². The standard InChI is InChI=1S/C23H24N4O5/c1-13(14-7-5-4-6-8-14)24-18(28)12-27-21(29)19-16(22(30)32-3)11-17(15-9-10-15)25-20(19)26(2)23(27)31/h4-8,11,13,15H,9-10,12H2,1-3H3,(H,24,28). The van der Waals surface area contributed by atoms with Crippen LogP contribution in [-0.2, 0) is 23.1 Å². The summed E-state index contributed by atoms with van der Waals surface area (Å²) < 4.78 is 6.88. The normalized spacial score (nSPS) is 14.2. The van der Waals surface area contributed by atoms with Crippen LogP contribution in [0.5, 0.6) is 0 Å². The van der Waals surface area contributed by atoms with Crippen LogP contribution in [0.4, 0.5) is 0 Å². The number of aryl methyl sites for hydroxylation is 1. The number of hydrogen-bond acceptors (Lipinski definition) is 6. The molecule has 1 N–H and O–H groups in total. The first-order valence-corrected chi connectivity index (χ1v) is 10.4. The second kappa shape index (κ2) is 8.41. The Bertz CT molecular complexity index is 1320. The van der Waals surface area contributed by atoms with Crippen LogP contribution in [0, 0.1) is 0 Å². The number of fused-ring (bicyclic) bond motifs is 1. The maximum atomic E-state index is 13.3. The van der Waals surface area contributed by atoms with Crippen molar-refractivity contribution in [2.75, 3.05) is 7.11 Å². The first kappa shape index (κ1) is 21.5. The molecule has 1 saturated carbocycles. The molecule has 4 rings (SSSR count). The third-order valence-corrected chi connectivity index (χ3v) is 5.69. The van der Waals surface area contributed by atoms with E-state index < -0.39 is 29.7 Å². The Hall–Kier alpha value is -3.75. The lowest BCUT2D eigenvalue weighted by Crippen LogP contribution is -2.44. The number of pyridine rings is 1. The predicted molar refractivity (Wildman–Crippen MR) is 118 cm³/mol. The Morgan fingerprint density at radius 3 is 2.53 bits per heavy atom. The molecule has 2 heterocycles. The highest BCUT2D eigenvalue weighted by molar-refractivity contribution is 6.02. The third-order valence-electron chi connectivity index (χ3n) is 5.69. The largest absolute Gasteiger partial charge is 0.465 e. The maximum absolute atomic E-state index is 13.3. The first-order valence-electron chi connectivity index (χ1n) is 10.4. The van der Waals surface area contributed by atoms with E-state index in [1.54, 1.807) is 6.07 Å². The molecule has 1 aromatic carbocycles.